The first-order chi connectivity index (χ1) is 16.1. The third kappa shape index (κ3) is 6.92. The smallest absolute Gasteiger partial charge is 0.417 e. The average molecular weight is 488 g/mol. The van der Waals surface area contributed by atoms with E-state index in [4.69, 9.17) is 4.74 Å². The van der Waals surface area contributed by atoms with Crippen LogP contribution < -0.4 is 5.32 Å². The van der Waals surface area contributed by atoms with Gasteiger partial charge in [0.25, 0.3) is 0 Å². The number of carbonyl (C=O) groups excluding carboxylic acids is 3. The minimum absolute atomic E-state index is 0.0269. The molecule has 34 heavy (non-hydrogen) atoms. The Labute approximate surface area is 197 Å². The molecule has 0 aliphatic rings. The van der Waals surface area contributed by atoms with Crippen molar-refractivity contribution in [3.63, 3.8) is 0 Å². The van der Waals surface area contributed by atoms with Gasteiger partial charge in [0.15, 0.2) is 12.4 Å². The van der Waals surface area contributed by atoms with Crippen molar-refractivity contribution in [1.82, 2.24) is 4.98 Å². The van der Waals surface area contributed by atoms with E-state index in [-0.39, 0.29) is 22.9 Å². The number of anilines is 1. The van der Waals surface area contributed by atoms with Gasteiger partial charge in [-0.2, -0.15) is 13.2 Å². The number of alkyl halides is 3. The van der Waals surface area contributed by atoms with Gasteiger partial charge in [0.2, 0.25) is 5.91 Å². The van der Waals surface area contributed by atoms with Crippen molar-refractivity contribution in [3.05, 3.63) is 89.1 Å². The first-order valence-electron chi connectivity index (χ1n) is 9.95. The number of hydrogen-bond donors (Lipinski definition) is 1. The number of Topliss-reactive ketones (excluding diaryl/α,β-unsaturated/α-hetero) is 1. The standard InChI is InChI=1S/C24H19F3N2O4S/c1-15-6-8-16(9-7-15)19(30)13-33-23(32)18-4-2-3-5-20(18)34-14-22(31)29-21-11-10-17(12-28-21)24(25,26)27/h2-12H,13-14H2,1H3,(H,28,29,31). The van der Waals surface area contributed by atoms with E-state index >= 15 is 0 Å². The lowest BCUT2D eigenvalue weighted by Gasteiger charge is -2.10. The Morgan fingerprint density at radius 1 is 1.00 bits per heavy atom. The summed E-state index contributed by atoms with van der Waals surface area (Å²) >= 11 is 1.04. The number of thioether (sulfide) groups is 1. The maximum absolute atomic E-state index is 12.6. The van der Waals surface area contributed by atoms with Crippen LogP contribution in [0, 0.1) is 6.92 Å². The van der Waals surface area contributed by atoms with E-state index in [0.29, 0.717) is 16.7 Å². The fourth-order valence-electron chi connectivity index (χ4n) is 2.75. The van der Waals surface area contributed by atoms with E-state index in [9.17, 15) is 27.6 Å². The van der Waals surface area contributed by atoms with Crippen LogP contribution in [0.1, 0.15) is 31.8 Å². The summed E-state index contributed by atoms with van der Waals surface area (Å²) in [5.74, 6) is -1.74. The molecule has 3 rings (SSSR count). The molecule has 0 saturated heterocycles. The highest BCUT2D eigenvalue weighted by Gasteiger charge is 2.30. The van der Waals surface area contributed by atoms with Crippen LogP contribution in [-0.2, 0) is 15.7 Å². The molecule has 176 valence electrons. The zero-order valence-electron chi connectivity index (χ0n) is 17.9. The number of benzene rings is 2. The van der Waals surface area contributed by atoms with Gasteiger partial charge in [-0.1, -0.05) is 42.0 Å². The minimum atomic E-state index is -4.52. The van der Waals surface area contributed by atoms with E-state index in [1.165, 1.54) is 6.07 Å². The Morgan fingerprint density at radius 3 is 2.35 bits per heavy atom. The molecular weight excluding hydrogens is 469 g/mol. The van der Waals surface area contributed by atoms with Gasteiger partial charge in [-0.15, -0.1) is 11.8 Å². The molecule has 3 aromatic rings. The predicted octanol–water partition coefficient (Wildman–Crippen LogP) is 5.18. The molecule has 1 amide bonds. The van der Waals surface area contributed by atoms with Gasteiger partial charge in [0.05, 0.1) is 16.9 Å². The highest BCUT2D eigenvalue weighted by Crippen LogP contribution is 2.29. The number of nitrogens with one attached hydrogen (secondary N) is 1. The summed E-state index contributed by atoms with van der Waals surface area (Å²) in [6, 6.07) is 15.2. The molecule has 0 atom stereocenters. The number of aromatic nitrogens is 1. The van der Waals surface area contributed by atoms with E-state index in [0.717, 1.165) is 29.5 Å². The second-order valence-electron chi connectivity index (χ2n) is 7.13. The van der Waals surface area contributed by atoms with Crippen molar-refractivity contribution < 1.29 is 32.3 Å². The third-order valence-corrected chi connectivity index (χ3v) is 5.61. The SMILES string of the molecule is Cc1ccc(C(=O)COC(=O)c2ccccc2SCC(=O)Nc2ccc(C(F)(F)F)cn2)cc1. The number of esters is 1. The third-order valence-electron chi connectivity index (χ3n) is 4.53. The number of aryl methyl sites for hydroxylation is 1. The molecule has 0 aliphatic carbocycles. The summed E-state index contributed by atoms with van der Waals surface area (Å²) in [6.07, 6.45) is -3.89. The van der Waals surface area contributed by atoms with Crippen LogP contribution in [0.4, 0.5) is 19.0 Å². The first-order valence-corrected chi connectivity index (χ1v) is 10.9. The first kappa shape index (κ1) is 25.0. The summed E-state index contributed by atoms with van der Waals surface area (Å²) in [4.78, 5) is 41.0. The van der Waals surface area contributed by atoms with Crippen LogP contribution in [0.2, 0.25) is 0 Å². The van der Waals surface area contributed by atoms with Gasteiger partial charge < -0.3 is 10.1 Å². The number of amides is 1. The van der Waals surface area contributed by atoms with Crippen LogP contribution >= 0.6 is 11.8 Å². The Morgan fingerprint density at radius 2 is 1.71 bits per heavy atom. The highest BCUT2D eigenvalue weighted by molar-refractivity contribution is 8.00. The number of nitrogens with zero attached hydrogens (tertiary/aromatic N) is 1. The summed E-state index contributed by atoms with van der Waals surface area (Å²) in [7, 11) is 0. The van der Waals surface area contributed by atoms with Gasteiger partial charge in [-0.3, -0.25) is 9.59 Å². The molecular formula is C24H19F3N2O4S. The molecule has 0 fully saturated rings. The lowest BCUT2D eigenvalue weighted by atomic mass is 10.1. The van der Waals surface area contributed by atoms with Crippen molar-refractivity contribution in [3.8, 4) is 0 Å². The summed E-state index contributed by atoms with van der Waals surface area (Å²) in [6.45, 7) is 1.46. The Hall–Kier alpha value is -3.66. The van der Waals surface area contributed by atoms with Gasteiger partial charge in [0.1, 0.15) is 5.82 Å². The minimum Gasteiger partial charge on any atom is -0.454 e. The number of halogens is 3. The van der Waals surface area contributed by atoms with Crippen molar-refractivity contribution in [2.45, 2.75) is 18.0 Å². The second kappa shape index (κ2) is 11.0. The van der Waals surface area contributed by atoms with E-state index < -0.39 is 30.2 Å². The molecule has 0 aliphatic heterocycles. The molecule has 0 spiro atoms. The van der Waals surface area contributed by atoms with E-state index in [1.54, 1.807) is 42.5 Å². The van der Waals surface area contributed by atoms with Gasteiger partial charge >= 0.3 is 12.1 Å². The van der Waals surface area contributed by atoms with Crippen LogP contribution in [-0.4, -0.2) is 35.0 Å². The number of ether oxygens (including phenoxy) is 1. The normalized spacial score (nSPS) is 11.1. The number of hydrogen-bond acceptors (Lipinski definition) is 6. The van der Waals surface area contributed by atoms with Gasteiger partial charge in [-0.25, -0.2) is 9.78 Å². The molecule has 1 heterocycles. The van der Waals surface area contributed by atoms with Crippen LogP contribution in [0.5, 0.6) is 0 Å². The summed E-state index contributed by atoms with van der Waals surface area (Å²) < 4.78 is 43.0. The zero-order valence-corrected chi connectivity index (χ0v) is 18.7. The second-order valence-corrected chi connectivity index (χ2v) is 8.15. The largest absolute Gasteiger partial charge is 0.454 e. The molecule has 1 aromatic heterocycles. The lowest BCUT2D eigenvalue weighted by Crippen LogP contribution is -2.17. The maximum atomic E-state index is 12.6. The van der Waals surface area contributed by atoms with Crippen LogP contribution in [0.15, 0.2) is 71.8 Å². The van der Waals surface area contributed by atoms with Crippen LogP contribution in [0.3, 0.4) is 0 Å². The molecule has 0 unspecified atom stereocenters. The zero-order chi connectivity index (χ0) is 24.7. The van der Waals surface area contributed by atoms with Gasteiger partial charge in [-0.05, 0) is 31.2 Å². The molecule has 1 N–H and O–H groups in total. The Balaban J connectivity index is 1.56. The number of rotatable bonds is 8. The topological polar surface area (TPSA) is 85.4 Å². The fourth-order valence-corrected chi connectivity index (χ4v) is 3.59. The van der Waals surface area contributed by atoms with Crippen molar-refractivity contribution in [2.75, 3.05) is 17.7 Å². The lowest BCUT2D eigenvalue weighted by molar-refractivity contribution is -0.137. The molecule has 2 aromatic carbocycles. The van der Waals surface area contributed by atoms with Crippen molar-refractivity contribution >= 4 is 35.2 Å². The summed E-state index contributed by atoms with van der Waals surface area (Å²) in [5, 5.41) is 2.40. The maximum Gasteiger partial charge on any atom is 0.417 e. The molecule has 10 heteroatoms. The number of pyridine rings is 1. The van der Waals surface area contributed by atoms with Gasteiger partial charge in [0, 0.05) is 16.7 Å². The number of carbonyl (C=O) groups is 3. The molecule has 0 radical (unpaired) electrons. The fraction of sp³-hybridized carbons (Fsp3) is 0.167. The van der Waals surface area contributed by atoms with Crippen molar-refractivity contribution in [1.29, 1.82) is 0 Å². The molecule has 6 nitrogen and oxygen atoms in total. The Bertz CT molecular complexity index is 1180. The van der Waals surface area contributed by atoms with E-state index in [2.05, 4.69) is 10.3 Å². The monoisotopic (exact) mass is 488 g/mol. The molecule has 0 bridgehead atoms. The van der Waals surface area contributed by atoms with Crippen molar-refractivity contribution in [2.24, 2.45) is 0 Å². The summed E-state index contributed by atoms with van der Waals surface area (Å²) in [5.41, 5.74) is 0.685. The van der Waals surface area contributed by atoms with Crippen LogP contribution in [0.25, 0.3) is 0 Å². The highest BCUT2D eigenvalue weighted by atomic mass is 32.2. The predicted molar refractivity (Wildman–Crippen MR) is 121 cm³/mol. The van der Waals surface area contributed by atoms with E-state index in [1.807, 2.05) is 6.92 Å². The Kier molecular flexibility index (Phi) is 8.06. The molecule has 0 saturated carbocycles. The number of ketones is 1. The average Bonchev–Trinajstić information content (AvgIpc) is 2.81. The quantitative estimate of drug-likeness (QED) is 0.267.